The van der Waals surface area contributed by atoms with Gasteiger partial charge < -0.3 is 4.42 Å². The molecule has 0 bridgehead atoms. The van der Waals surface area contributed by atoms with Crippen LogP contribution in [0.4, 0.5) is 0 Å². The van der Waals surface area contributed by atoms with Gasteiger partial charge in [-0.05, 0) is 110 Å². The van der Waals surface area contributed by atoms with Gasteiger partial charge in [0.1, 0.15) is 11.4 Å². The first kappa shape index (κ1) is 28.2. The Labute approximate surface area is 268 Å². The fraction of sp³-hybridized carbons (Fsp3) is 0.195. The fourth-order valence-corrected chi connectivity index (χ4v) is 6.88. The molecule has 4 aromatic heterocycles. The first-order chi connectivity index (χ1) is 22.1. The molecule has 8 rings (SSSR count). The van der Waals surface area contributed by atoms with E-state index in [2.05, 4.69) is 137 Å². The molecule has 5 nitrogen and oxygen atoms in total. The van der Waals surface area contributed by atoms with Crippen LogP contribution in [0.3, 0.4) is 0 Å². The van der Waals surface area contributed by atoms with E-state index in [9.17, 15) is 0 Å². The summed E-state index contributed by atoms with van der Waals surface area (Å²) in [6.45, 7) is 15.2. The van der Waals surface area contributed by atoms with Crippen LogP contribution in [0.25, 0.3) is 72.3 Å². The molecule has 226 valence electrons. The van der Waals surface area contributed by atoms with Gasteiger partial charge in [0.2, 0.25) is 5.71 Å². The molecule has 0 fully saturated rings. The minimum Gasteiger partial charge on any atom is -0.437 e. The van der Waals surface area contributed by atoms with Crippen LogP contribution in [-0.2, 0) is 5.41 Å². The summed E-state index contributed by atoms with van der Waals surface area (Å²) < 4.78 is 9.01. The summed E-state index contributed by atoms with van der Waals surface area (Å²) >= 11 is 0. The van der Waals surface area contributed by atoms with Gasteiger partial charge in [-0.1, -0.05) is 57.2 Å². The first-order valence-corrected chi connectivity index (χ1v) is 15.9. The molecule has 8 aromatic rings. The van der Waals surface area contributed by atoms with Crippen LogP contribution in [0, 0.1) is 27.7 Å². The number of pyridine rings is 2. The Bertz CT molecular complexity index is 2470. The monoisotopic (exact) mass is 600 g/mol. The molecule has 0 amide bonds. The number of rotatable bonds is 3. The van der Waals surface area contributed by atoms with Crippen molar-refractivity contribution in [3.63, 3.8) is 0 Å². The van der Waals surface area contributed by atoms with Gasteiger partial charge in [-0.2, -0.15) is 0 Å². The molecule has 0 N–H and O–H groups in total. The number of hydrogen-bond acceptors (Lipinski definition) is 4. The molecule has 0 aliphatic rings. The smallest absolute Gasteiger partial charge is 0.227 e. The van der Waals surface area contributed by atoms with E-state index in [1.807, 2.05) is 6.92 Å². The third kappa shape index (κ3) is 4.33. The zero-order valence-electron chi connectivity index (χ0n) is 27.4. The highest BCUT2D eigenvalue weighted by Gasteiger charge is 2.23. The van der Waals surface area contributed by atoms with Crippen LogP contribution in [0.2, 0.25) is 0 Å². The Balaban J connectivity index is 1.43. The highest BCUT2D eigenvalue weighted by Crippen LogP contribution is 2.41. The van der Waals surface area contributed by atoms with Crippen molar-refractivity contribution in [3.05, 3.63) is 119 Å². The average molecular weight is 601 g/mol. The second-order valence-corrected chi connectivity index (χ2v) is 13.6. The SMILES string of the molecule is Cc1ccc2c(ccc3nc(-c4ccc(C)c5c4oc4nc(-c6c(C)cccc6C)ccc45)n(-c4ccc(C(C)(C)C)cc4)c32)n1. The highest BCUT2D eigenvalue weighted by atomic mass is 16.3. The van der Waals surface area contributed by atoms with Crippen molar-refractivity contribution in [2.24, 2.45) is 0 Å². The van der Waals surface area contributed by atoms with E-state index in [0.717, 1.165) is 77.9 Å². The lowest BCUT2D eigenvalue weighted by molar-refractivity contribution is 0.590. The van der Waals surface area contributed by atoms with Crippen molar-refractivity contribution < 1.29 is 4.42 Å². The molecule has 0 aliphatic heterocycles. The Morgan fingerprint density at radius 3 is 2.09 bits per heavy atom. The van der Waals surface area contributed by atoms with Gasteiger partial charge in [-0.3, -0.25) is 9.55 Å². The number of fused-ring (bicyclic) bond motifs is 6. The lowest BCUT2D eigenvalue weighted by Gasteiger charge is -2.20. The van der Waals surface area contributed by atoms with E-state index < -0.39 is 0 Å². The summed E-state index contributed by atoms with van der Waals surface area (Å²) in [5.74, 6) is 0.825. The minimum atomic E-state index is 0.0482. The number of aryl methyl sites for hydroxylation is 4. The Hall–Kier alpha value is -5.29. The molecule has 0 spiro atoms. The Kier molecular flexibility index (Phi) is 6.20. The van der Waals surface area contributed by atoms with Crippen molar-refractivity contribution >= 4 is 44.0 Å². The lowest BCUT2D eigenvalue weighted by Crippen LogP contribution is -2.11. The molecule has 5 heteroatoms. The Morgan fingerprint density at radius 1 is 0.630 bits per heavy atom. The van der Waals surface area contributed by atoms with Crippen molar-refractivity contribution in [3.8, 4) is 28.3 Å². The molecule has 0 aliphatic carbocycles. The summed E-state index contributed by atoms with van der Waals surface area (Å²) in [5.41, 5.74) is 14.2. The molecule has 0 atom stereocenters. The third-order valence-corrected chi connectivity index (χ3v) is 9.29. The largest absolute Gasteiger partial charge is 0.437 e. The second-order valence-electron chi connectivity index (χ2n) is 13.6. The van der Waals surface area contributed by atoms with Crippen LogP contribution in [-0.4, -0.2) is 19.5 Å². The normalized spacial score (nSPS) is 12.2. The summed E-state index contributed by atoms with van der Waals surface area (Å²) in [6.07, 6.45) is 0. The molecule has 4 heterocycles. The van der Waals surface area contributed by atoms with Gasteiger partial charge in [0.05, 0.1) is 27.8 Å². The third-order valence-electron chi connectivity index (χ3n) is 9.29. The topological polar surface area (TPSA) is 56.7 Å². The molecule has 0 unspecified atom stereocenters. The van der Waals surface area contributed by atoms with E-state index in [4.69, 9.17) is 19.4 Å². The molecule has 4 aromatic carbocycles. The molecular weight excluding hydrogens is 564 g/mol. The molecular formula is C41H36N4O. The van der Waals surface area contributed by atoms with E-state index >= 15 is 0 Å². The predicted molar refractivity (Wildman–Crippen MR) is 190 cm³/mol. The quantitative estimate of drug-likeness (QED) is 0.202. The van der Waals surface area contributed by atoms with Gasteiger partial charge in [-0.15, -0.1) is 0 Å². The van der Waals surface area contributed by atoms with Crippen molar-refractivity contribution in [1.82, 2.24) is 19.5 Å². The molecule has 46 heavy (non-hydrogen) atoms. The maximum atomic E-state index is 6.74. The molecule has 0 saturated carbocycles. The van der Waals surface area contributed by atoms with E-state index in [0.29, 0.717) is 5.71 Å². The number of benzene rings is 4. The maximum Gasteiger partial charge on any atom is 0.227 e. The zero-order valence-corrected chi connectivity index (χ0v) is 27.4. The van der Waals surface area contributed by atoms with Crippen LogP contribution in [0.15, 0.2) is 95.4 Å². The Morgan fingerprint density at radius 2 is 1.35 bits per heavy atom. The predicted octanol–water partition coefficient (Wildman–Crippen LogP) is 10.7. The van der Waals surface area contributed by atoms with E-state index in [1.54, 1.807) is 0 Å². The second kappa shape index (κ2) is 10.1. The molecule has 0 radical (unpaired) electrons. The van der Waals surface area contributed by atoms with Crippen molar-refractivity contribution in [1.29, 1.82) is 0 Å². The highest BCUT2D eigenvalue weighted by molar-refractivity contribution is 6.12. The molecule has 0 saturated heterocycles. The fourth-order valence-electron chi connectivity index (χ4n) is 6.88. The van der Waals surface area contributed by atoms with Crippen LogP contribution in [0.1, 0.15) is 48.7 Å². The average Bonchev–Trinajstić information content (AvgIpc) is 3.60. The minimum absolute atomic E-state index is 0.0482. The number of imidazole rings is 1. The van der Waals surface area contributed by atoms with Gasteiger partial charge in [0.15, 0.2) is 0 Å². The number of furan rings is 1. The van der Waals surface area contributed by atoms with Crippen molar-refractivity contribution in [2.45, 2.75) is 53.9 Å². The van der Waals surface area contributed by atoms with Gasteiger partial charge in [0.25, 0.3) is 0 Å². The van der Waals surface area contributed by atoms with Gasteiger partial charge in [0, 0.05) is 33.1 Å². The van der Waals surface area contributed by atoms with E-state index in [1.165, 1.54) is 16.7 Å². The lowest BCUT2D eigenvalue weighted by atomic mass is 9.87. The van der Waals surface area contributed by atoms with Crippen LogP contribution in [0.5, 0.6) is 0 Å². The summed E-state index contributed by atoms with van der Waals surface area (Å²) in [5, 5.41) is 3.14. The first-order valence-electron chi connectivity index (χ1n) is 15.9. The standard InChI is InChI=1S/C41H36N4O/c1-23-9-8-10-24(2)35(23)33-20-19-30-36-25(3)11-17-31(38(36)46-40(30)44-33)39-43-34-22-21-32-29(18-12-26(4)42-32)37(34)45(39)28-15-13-27(14-16-28)41(5,6)7/h8-22H,1-7H3. The van der Waals surface area contributed by atoms with Crippen molar-refractivity contribution in [2.75, 3.05) is 0 Å². The van der Waals surface area contributed by atoms with Gasteiger partial charge in [-0.25, -0.2) is 9.97 Å². The zero-order chi connectivity index (χ0) is 31.9. The van der Waals surface area contributed by atoms with Gasteiger partial charge >= 0.3 is 0 Å². The van der Waals surface area contributed by atoms with Crippen LogP contribution >= 0.6 is 0 Å². The summed E-state index contributed by atoms with van der Waals surface area (Å²) in [6, 6.07) is 32.2. The summed E-state index contributed by atoms with van der Waals surface area (Å²) in [4.78, 5) is 15.2. The van der Waals surface area contributed by atoms with E-state index in [-0.39, 0.29) is 5.41 Å². The number of nitrogens with zero attached hydrogens (tertiary/aromatic N) is 4. The number of hydrogen-bond donors (Lipinski definition) is 0. The van der Waals surface area contributed by atoms with Crippen LogP contribution < -0.4 is 0 Å². The number of aromatic nitrogens is 4. The maximum absolute atomic E-state index is 6.74. The summed E-state index contributed by atoms with van der Waals surface area (Å²) in [7, 11) is 0.